The van der Waals surface area contributed by atoms with E-state index in [-0.39, 0.29) is 5.54 Å². The third-order valence-corrected chi connectivity index (χ3v) is 2.95. The molecule has 1 aromatic carbocycles. The number of nitrogens with one attached hydrogen (secondary N) is 1. The second-order valence-electron chi connectivity index (χ2n) is 4.52. The van der Waals surface area contributed by atoms with Crippen molar-refractivity contribution in [1.29, 1.82) is 0 Å². The topological polar surface area (TPSA) is 49.3 Å². The Morgan fingerprint density at radius 2 is 2.13 bits per heavy atom. The molecule has 0 saturated carbocycles. The van der Waals surface area contributed by atoms with E-state index < -0.39 is 12.0 Å². The molecule has 1 unspecified atom stereocenters. The highest BCUT2D eigenvalue weighted by Gasteiger charge is 2.34. The van der Waals surface area contributed by atoms with E-state index in [4.69, 9.17) is 5.11 Å². The molecule has 0 amide bonds. The summed E-state index contributed by atoms with van der Waals surface area (Å²) in [4.78, 5) is 11.0. The van der Waals surface area contributed by atoms with E-state index in [1.165, 1.54) is 5.56 Å². The first-order valence-electron chi connectivity index (χ1n) is 5.09. The van der Waals surface area contributed by atoms with Crippen LogP contribution in [0.15, 0.2) is 24.3 Å². The summed E-state index contributed by atoms with van der Waals surface area (Å²) in [6, 6.07) is 7.53. The standard InChI is InChI=1S/C12H15NO2/c1-12(2)9-6-4-3-5-8(9)7-10(13-12)11(14)15/h3-6,10,13H,7H2,1-2H3,(H,14,15). The Hall–Kier alpha value is -1.35. The van der Waals surface area contributed by atoms with Gasteiger partial charge in [0.05, 0.1) is 0 Å². The summed E-state index contributed by atoms with van der Waals surface area (Å²) in [6.45, 7) is 4.03. The molecule has 3 heteroatoms. The van der Waals surface area contributed by atoms with Gasteiger partial charge in [0.25, 0.3) is 0 Å². The fraction of sp³-hybridized carbons (Fsp3) is 0.417. The van der Waals surface area contributed by atoms with Crippen LogP contribution < -0.4 is 5.32 Å². The Balaban J connectivity index is 2.43. The number of benzene rings is 1. The van der Waals surface area contributed by atoms with Crippen molar-refractivity contribution in [2.24, 2.45) is 0 Å². The van der Waals surface area contributed by atoms with Gasteiger partial charge >= 0.3 is 5.97 Å². The molecule has 0 aromatic heterocycles. The normalized spacial score (nSPS) is 23.2. The zero-order valence-electron chi connectivity index (χ0n) is 8.95. The summed E-state index contributed by atoms with van der Waals surface area (Å²) >= 11 is 0. The van der Waals surface area contributed by atoms with Crippen molar-refractivity contribution in [2.45, 2.75) is 31.8 Å². The quantitative estimate of drug-likeness (QED) is 0.730. The van der Waals surface area contributed by atoms with Gasteiger partial charge in [0, 0.05) is 5.54 Å². The molecule has 3 nitrogen and oxygen atoms in total. The number of hydrogen-bond acceptors (Lipinski definition) is 2. The van der Waals surface area contributed by atoms with Crippen molar-refractivity contribution >= 4 is 5.97 Å². The molecule has 1 aliphatic rings. The molecule has 2 rings (SSSR count). The first kappa shape index (κ1) is 10.2. The van der Waals surface area contributed by atoms with Gasteiger partial charge in [-0.05, 0) is 31.4 Å². The SMILES string of the molecule is CC1(C)NC(C(=O)O)Cc2ccccc21. The average molecular weight is 205 g/mol. The van der Waals surface area contributed by atoms with Crippen molar-refractivity contribution in [3.8, 4) is 0 Å². The van der Waals surface area contributed by atoms with Crippen LogP contribution in [-0.4, -0.2) is 17.1 Å². The third-order valence-electron chi connectivity index (χ3n) is 2.95. The molecular formula is C12H15NO2. The summed E-state index contributed by atoms with van der Waals surface area (Å²) in [6.07, 6.45) is 0.564. The zero-order chi connectivity index (χ0) is 11.1. The molecular weight excluding hydrogens is 190 g/mol. The molecule has 0 fully saturated rings. The maximum atomic E-state index is 11.0. The molecule has 1 heterocycles. The minimum atomic E-state index is -0.780. The van der Waals surface area contributed by atoms with E-state index in [0.717, 1.165) is 5.56 Å². The fourth-order valence-corrected chi connectivity index (χ4v) is 2.24. The molecule has 0 spiro atoms. The maximum Gasteiger partial charge on any atom is 0.321 e. The van der Waals surface area contributed by atoms with Crippen molar-refractivity contribution in [3.63, 3.8) is 0 Å². The molecule has 0 aliphatic carbocycles. The predicted octanol–water partition coefficient (Wildman–Crippen LogP) is 1.52. The van der Waals surface area contributed by atoms with E-state index in [1.807, 2.05) is 32.0 Å². The predicted molar refractivity (Wildman–Crippen MR) is 57.7 cm³/mol. The third kappa shape index (κ3) is 1.75. The van der Waals surface area contributed by atoms with E-state index in [0.29, 0.717) is 6.42 Å². The van der Waals surface area contributed by atoms with Crippen LogP contribution in [-0.2, 0) is 16.8 Å². The molecule has 0 bridgehead atoms. The van der Waals surface area contributed by atoms with Gasteiger partial charge in [-0.15, -0.1) is 0 Å². The second kappa shape index (κ2) is 3.35. The fourth-order valence-electron chi connectivity index (χ4n) is 2.24. The lowest BCUT2D eigenvalue weighted by atomic mass is 9.82. The summed E-state index contributed by atoms with van der Waals surface area (Å²) in [7, 11) is 0. The molecule has 0 radical (unpaired) electrons. The molecule has 0 saturated heterocycles. The summed E-state index contributed by atoms with van der Waals surface area (Å²) < 4.78 is 0. The average Bonchev–Trinajstić information content (AvgIpc) is 2.16. The Bertz CT molecular complexity index is 398. The van der Waals surface area contributed by atoms with E-state index in [9.17, 15) is 4.79 Å². The van der Waals surface area contributed by atoms with Gasteiger partial charge in [-0.1, -0.05) is 24.3 Å². The minimum Gasteiger partial charge on any atom is -0.480 e. The zero-order valence-corrected chi connectivity index (χ0v) is 8.95. The van der Waals surface area contributed by atoms with Crippen LogP contribution in [0.4, 0.5) is 0 Å². The van der Waals surface area contributed by atoms with Gasteiger partial charge < -0.3 is 5.11 Å². The Morgan fingerprint density at radius 1 is 1.47 bits per heavy atom. The number of carboxylic acids is 1. The number of carbonyl (C=O) groups is 1. The first-order chi connectivity index (χ1) is 7.00. The van der Waals surface area contributed by atoms with Crippen LogP contribution >= 0.6 is 0 Å². The van der Waals surface area contributed by atoms with E-state index >= 15 is 0 Å². The molecule has 1 atom stereocenters. The summed E-state index contributed by atoms with van der Waals surface area (Å²) in [5.74, 6) is -0.780. The van der Waals surface area contributed by atoms with Crippen molar-refractivity contribution < 1.29 is 9.90 Å². The maximum absolute atomic E-state index is 11.0. The monoisotopic (exact) mass is 205 g/mol. The van der Waals surface area contributed by atoms with Crippen LogP contribution in [0.5, 0.6) is 0 Å². The van der Waals surface area contributed by atoms with Gasteiger partial charge in [-0.3, -0.25) is 10.1 Å². The molecule has 2 N–H and O–H groups in total. The highest BCUT2D eigenvalue weighted by Crippen LogP contribution is 2.29. The second-order valence-corrected chi connectivity index (χ2v) is 4.52. The van der Waals surface area contributed by atoms with Crippen LogP contribution in [0.3, 0.4) is 0 Å². The van der Waals surface area contributed by atoms with Crippen molar-refractivity contribution in [3.05, 3.63) is 35.4 Å². The molecule has 1 aromatic rings. The van der Waals surface area contributed by atoms with Gasteiger partial charge in [-0.25, -0.2) is 0 Å². The molecule has 15 heavy (non-hydrogen) atoms. The first-order valence-corrected chi connectivity index (χ1v) is 5.09. The molecule has 80 valence electrons. The minimum absolute atomic E-state index is 0.266. The summed E-state index contributed by atoms with van der Waals surface area (Å²) in [5, 5.41) is 12.2. The highest BCUT2D eigenvalue weighted by molar-refractivity contribution is 5.74. The number of rotatable bonds is 1. The van der Waals surface area contributed by atoms with Crippen LogP contribution in [0.1, 0.15) is 25.0 Å². The lowest BCUT2D eigenvalue weighted by Crippen LogP contribution is -2.52. The van der Waals surface area contributed by atoms with Gasteiger partial charge in [0.1, 0.15) is 6.04 Å². The summed E-state index contributed by atoms with van der Waals surface area (Å²) in [5.41, 5.74) is 2.06. The van der Waals surface area contributed by atoms with Crippen molar-refractivity contribution in [2.75, 3.05) is 0 Å². The molecule has 1 aliphatic heterocycles. The number of aliphatic carboxylic acids is 1. The van der Waals surface area contributed by atoms with Crippen LogP contribution in [0.2, 0.25) is 0 Å². The van der Waals surface area contributed by atoms with Gasteiger partial charge in [0.2, 0.25) is 0 Å². The Kier molecular flexibility index (Phi) is 2.27. The van der Waals surface area contributed by atoms with Gasteiger partial charge in [-0.2, -0.15) is 0 Å². The Labute approximate surface area is 89.1 Å². The van der Waals surface area contributed by atoms with Crippen LogP contribution in [0.25, 0.3) is 0 Å². The number of carboxylic acid groups (broad SMARTS) is 1. The smallest absolute Gasteiger partial charge is 0.321 e. The lowest BCUT2D eigenvalue weighted by Gasteiger charge is -2.37. The van der Waals surface area contributed by atoms with E-state index in [2.05, 4.69) is 11.4 Å². The largest absolute Gasteiger partial charge is 0.480 e. The van der Waals surface area contributed by atoms with Gasteiger partial charge in [0.15, 0.2) is 0 Å². The number of hydrogen-bond donors (Lipinski definition) is 2. The van der Waals surface area contributed by atoms with Crippen molar-refractivity contribution in [1.82, 2.24) is 5.32 Å². The Morgan fingerprint density at radius 3 is 2.80 bits per heavy atom. The number of fused-ring (bicyclic) bond motifs is 1. The lowest BCUT2D eigenvalue weighted by molar-refractivity contribution is -0.140. The highest BCUT2D eigenvalue weighted by atomic mass is 16.4. The van der Waals surface area contributed by atoms with Crippen LogP contribution in [0, 0.1) is 0 Å². The van der Waals surface area contributed by atoms with E-state index in [1.54, 1.807) is 0 Å².